The molecule has 1 aromatic carbocycles. The summed E-state index contributed by atoms with van der Waals surface area (Å²) in [5.74, 6) is -0.853. The number of carbonyl (C=O) groups is 1. The summed E-state index contributed by atoms with van der Waals surface area (Å²) in [6.45, 7) is 0.175. The molecule has 0 aliphatic heterocycles. The number of carbonyl (C=O) groups excluding carboxylic acids is 1. The molecule has 1 aromatic rings. The molecule has 0 unspecified atom stereocenters. The third-order valence-corrected chi connectivity index (χ3v) is 4.23. The summed E-state index contributed by atoms with van der Waals surface area (Å²) in [5.41, 5.74) is -0.249. The largest absolute Gasteiger partial charge is 0.460 e. The Morgan fingerprint density at radius 1 is 1.26 bits per heavy atom. The normalized spacial score (nSPS) is 11.4. The summed E-state index contributed by atoms with van der Waals surface area (Å²) in [7, 11) is 2.55. The number of hydrogen-bond acceptors (Lipinski definition) is 5. The van der Waals surface area contributed by atoms with Crippen molar-refractivity contribution in [3.8, 4) is 0 Å². The second-order valence-electron chi connectivity index (χ2n) is 3.30. The van der Waals surface area contributed by atoms with Gasteiger partial charge in [0, 0.05) is 17.8 Å². The molecule has 0 bridgehead atoms. The Morgan fingerprint density at radius 3 is 2.42 bits per heavy atom. The first-order valence-corrected chi connectivity index (χ1v) is 7.94. The van der Waals surface area contributed by atoms with Gasteiger partial charge in [0.25, 0.3) is 9.05 Å². The van der Waals surface area contributed by atoms with Gasteiger partial charge in [0.05, 0.1) is 22.2 Å². The molecule has 0 aromatic heterocycles. The summed E-state index contributed by atoms with van der Waals surface area (Å²) < 4.78 is 32.1. The van der Waals surface area contributed by atoms with Gasteiger partial charge in [-0.2, -0.15) is 0 Å². The third kappa shape index (κ3) is 4.22. The van der Waals surface area contributed by atoms with Crippen LogP contribution in [0, 0.1) is 0 Å². The van der Waals surface area contributed by atoms with E-state index in [-0.39, 0.29) is 28.8 Å². The lowest BCUT2D eigenvalue weighted by Crippen LogP contribution is -2.12. The molecule has 0 fully saturated rings. The van der Waals surface area contributed by atoms with Crippen molar-refractivity contribution in [1.29, 1.82) is 0 Å². The molecular formula is C10H9Cl3O5S. The second kappa shape index (κ2) is 6.76. The SMILES string of the molecule is COCCOC(=O)c1c(Cl)ccc(S(=O)(=O)Cl)c1Cl. The number of esters is 1. The van der Waals surface area contributed by atoms with Crippen LogP contribution in [0.3, 0.4) is 0 Å². The number of methoxy groups -OCH3 is 1. The molecular weight excluding hydrogens is 339 g/mol. The molecule has 0 aliphatic rings. The van der Waals surface area contributed by atoms with E-state index >= 15 is 0 Å². The van der Waals surface area contributed by atoms with Crippen molar-refractivity contribution < 1.29 is 22.7 Å². The highest BCUT2D eigenvalue weighted by Gasteiger charge is 2.24. The van der Waals surface area contributed by atoms with E-state index in [0.29, 0.717) is 0 Å². The van der Waals surface area contributed by atoms with Crippen molar-refractivity contribution in [3.05, 3.63) is 27.7 Å². The highest BCUT2D eigenvalue weighted by molar-refractivity contribution is 8.13. The van der Waals surface area contributed by atoms with E-state index in [0.717, 1.165) is 6.07 Å². The number of hydrogen-bond donors (Lipinski definition) is 0. The van der Waals surface area contributed by atoms with Crippen LogP contribution in [0.15, 0.2) is 17.0 Å². The maximum atomic E-state index is 11.8. The van der Waals surface area contributed by atoms with E-state index in [1.807, 2.05) is 0 Å². The quantitative estimate of drug-likeness (QED) is 0.465. The van der Waals surface area contributed by atoms with Gasteiger partial charge in [-0.05, 0) is 12.1 Å². The van der Waals surface area contributed by atoms with Gasteiger partial charge in [-0.3, -0.25) is 0 Å². The first-order valence-electron chi connectivity index (χ1n) is 4.87. The lowest BCUT2D eigenvalue weighted by atomic mass is 10.2. The van der Waals surface area contributed by atoms with Crippen LogP contribution in [0.5, 0.6) is 0 Å². The van der Waals surface area contributed by atoms with Gasteiger partial charge in [-0.15, -0.1) is 0 Å². The van der Waals surface area contributed by atoms with Crippen LogP contribution in [0.2, 0.25) is 10.0 Å². The van der Waals surface area contributed by atoms with Crippen LogP contribution in [-0.2, 0) is 18.5 Å². The van der Waals surface area contributed by atoms with Gasteiger partial charge in [-0.25, -0.2) is 13.2 Å². The fraction of sp³-hybridized carbons (Fsp3) is 0.300. The van der Waals surface area contributed by atoms with Gasteiger partial charge >= 0.3 is 5.97 Å². The minimum absolute atomic E-state index is 0.0140. The van der Waals surface area contributed by atoms with E-state index < -0.39 is 19.9 Å². The predicted molar refractivity (Wildman–Crippen MR) is 71.7 cm³/mol. The van der Waals surface area contributed by atoms with E-state index in [2.05, 4.69) is 0 Å². The van der Waals surface area contributed by atoms with E-state index in [1.54, 1.807) is 0 Å². The number of halogens is 3. The standard InChI is InChI=1S/C10H9Cl3O5S/c1-17-4-5-18-10(14)8-6(11)2-3-7(9(8)12)19(13,15)16/h2-3H,4-5H2,1H3. The Bertz CT molecular complexity index is 585. The minimum atomic E-state index is -4.08. The molecule has 9 heteroatoms. The van der Waals surface area contributed by atoms with Gasteiger partial charge in [-0.1, -0.05) is 23.2 Å². The van der Waals surface area contributed by atoms with Crippen molar-refractivity contribution in [3.63, 3.8) is 0 Å². The number of benzene rings is 1. The average Bonchev–Trinajstić information content (AvgIpc) is 2.27. The van der Waals surface area contributed by atoms with Crippen molar-refractivity contribution in [2.24, 2.45) is 0 Å². The Hall–Kier alpha value is -0.530. The molecule has 0 saturated heterocycles. The Morgan fingerprint density at radius 2 is 1.89 bits per heavy atom. The van der Waals surface area contributed by atoms with Crippen LogP contribution >= 0.6 is 33.9 Å². The van der Waals surface area contributed by atoms with Crippen LogP contribution < -0.4 is 0 Å². The summed E-state index contributed by atoms with van der Waals surface area (Å²) in [6, 6.07) is 2.31. The molecule has 0 atom stereocenters. The summed E-state index contributed by atoms with van der Waals surface area (Å²) in [6.07, 6.45) is 0. The van der Waals surface area contributed by atoms with Crippen molar-refractivity contribution in [2.45, 2.75) is 4.90 Å². The first kappa shape index (κ1) is 16.5. The zero-order chi connectivity index (χ0) is 14.6. The number of ether oxygens (including phenoxy) is 2. The molecule has 0 spiro atoms. The molecule has 106 valence electrons. The molecule has 0 heterocycles. The fourth-order valence-electron chi connectivity index (χ4n) is 1.20. The Labute approximate surface area is 124 Å². The van der Waals surface area contributed by atoms with Gasteiger partial charge in [0.15, 0.2) is 0 Å². The van der Waals surface area contributed by atoms with Gasteiger partial charge in [0.1, 0.15) is 11.5 Å². The van der Waals surface area contributed by atoms with E-state index in [4.69, 9.17) is 43.4 Å². The zero-order valence-electron chi connectivity index (χ0n) is 9.65. The molecule has 0 aliphatic carbocycles. The summed E-state index contributed by atoms with van der Waals surface area (Å²) >= 11 is 11.6. The maximum absolute atomic E-state index is 11.8. The van der Waals surface area contributed by atoms with Gasteiger partial charge < -0.3 is 9.47 Å². The Kier molecular flexibility index (Phi) is 5.88. The summed E-state index contributed by atoms with van der Waals surface area (Å²) in [5, 5.41) is -0.401. The lowest BCUT2D eigenvalue weighted by molar-refractivity contribution is 0.0388. The molecule has 0 radical (unpaired) electrons. The third-order valence-electron chi connectivity index (χ3n) is 2.04. The highest BCUT2D eigenvalue weighted by atomic mass is 35.7. The molecule has 19 heavy (non-hydrogen) atoms. The van der Waals surface area contributed by atoms with Crippen LogP contribution in [0.1, 0.15) is 10.4 Å². The second-order valence-corrected chi connectivity index (χ2v) is 6.62. The highest BCUT2D eigenvalue weighted by Crippen LogP contribution is 2.33. The lowest BCUT2D eigenvalue weighted by Gasteiger charge is -2.09. The van der Waals surface area contributed by atoms with E-state index in [9.17, 15) is 13.2 Å². The monoisotopic (exact) mass is 346 g/mol. The molecule has 1 rings (SSSR count). The van der Waals surface area contributed by atoms with E-state index in [1.165, 1.54) is 13.2 Å². The molecule has 5 nitrogen and oxygen atoms in total. The predicted octanol–water partition coefficient (Wildman–Crippen LogP) is 2.72. The van der Waals surface area contributed by atoms with Crippen molar-refractivity contribution in [2.75, 3.05) is 20.3 Å². The molecule has 0 N–H and O–H groups in total. The first-order chi connectivity index (χ1) is 8.79. The zero-order valence-corrected chi connectivity index (χ0v) is 12.7. The fourth-order valence-corrected chi connectivity index (χ4v) is 3.08. The summed E-state index contributed by atoms with van der Waals surface area (Å²) in [4.78, 5) is 11.4. The van der Waals surface area contributed by atoms with Crippen molar-refractivity contribution in [1.82, 2.24) is 0 Å². The topological polar surface area (TPSA) is 69.7 Å². The van der Waals surface area contributed by atoms with Crippen LogP contribution in [-0.4, -0.2) is 34.7 Å². The van der Waals surface area contributed by atoms with Crippen molar-refractivity contribution >= 4 is 48.9 Å². The molecule has 0 saturated carbocycles. The van der Waals surface area contributed by atoms with Crippen LogP contribution in [0.4, 0.5) is 0 Å². The smallest absolute Gasteiger partial charge is 0.341 e. The molecule has 0 amide bonds. The number of rotatable bonds is 5. The van der Waals surface area contributed by atoms with Gasteiger partial charge in [0.2, 0.25) is 0 Å². The Balaban J connectivity index is 3.17. The minimum Gasteiger partial charge on any atom is -0.460 e. The average molecular weight is 348 g/mol. The maximum Gasteiger partial charge on any atom is 0.341 e. The van der Waals surface area contributed by atoms with Crippen LogP contribution in [0.25, 0.3) is 0 Å².